The van der Waals surface area contributed by atoms with Gasteiger partial charge >= 0.3 is 6.18 Å². The number of piperidine rings is 1. The lowest BCUT2D eigenvalue weighted by atomic mass is 9.97. The summed E-state index contributed by atoms with van der Waals surface area (Å²) in [6.07, 6.45) is -3.30. The average Bonchev–Trinajstić information content (AvgIpc) is 2.89. The molecule has 4 rings (SSSR count). The Morgan fingerprint density at radius 1 is 1.08 bits per heavy atom. The number of carbonyl (C=O) groups excluding carboxylic acids is 1. The highest BCUT2D eigenvalue weighted by Crippen LogP contribution is 2.33. The van der Waals surface area contributed by atoms with Crippen molar-refractivity contribution in [1.29, 1.82) is 0 Å². The standard InChI is InChI=1S/C25H29ClF3N3O4S/c1-2-36-23-9-8-21(16-22(23)26)37(34,35)32-10-4-5-18(17-32)24(33)31-13-11-30(12-14-31)20-7-3-6-19(15-20)25(27,28)29/h3,6-9,15-16,18H,2,4-5,10-14,17H2,1H3/t18-/m0/s1. The van der Waals surface area contributed by atoms with E-state index in [9.17, 15) is 26.4 Å². The highest BCUT2D eigenvalue weighted by molar-refractivity contribution is 7.89. The molecule has 37 heavy (non-hydrogen) atoms. The van der Waals surface area contributed by atoms with E-state index in [-0.39, 0.29) is 22.4 Å². The summed E-state index contributed by atoms with van der Waals surface area (Å²) in [7, 11) is -3.85. The number of ether oxygens (including phenoxy) is 1. The minimum atomic E-state index is -4.42. The summed E-state index contributed by atoms with van der Waals surface area (Å²) >= 11 is 6.19. The van der Waals surface area contributed by atoms with E-state index < -0.39 is 27.7 Å². The second-order valence-electron chi connectivity index (χ2n) is 9.09. The van der Waals surface area contributed by atoms with Crippen molar-refractivity contribution in [3.8, 4) is 5.75 Å². The zero-order chi connectivity index (χ0) is 26.8. The van der Waals surface area contributed by atoms with Gasteiger partial charge in [0.2, 0.25) is 15.9 Å². The average molecular weight is 560 g/mol. The van der Waals surface area contributed by atoms with E-state index in [2.05, 4.69) is 0 Å². The van der Waals surface area contributed by atoms with Crippen LogP contribution in [0, 0.1) is 5.92 Å². The number of halogens is 4. The first-order valence-corrected chi connectivity index (χ1v) is 14.0. The van der Waals surface area contributed by atoms with Crippen molar-refractivity contribution in [3.63, 3.8) is 0 Å². The predicted octanol–water partition coefficient (Wildman–Crippen LogP) is 4.51. The van der Waals surface area contributed by atoms with Crippen LogP contribution in [0.25, 0.3) is 0 Å². The Kier molecular flexibility index (Phi) is 8.25. The Bertz CT molecular complexity index is 1230. The smallest absolute Gasteiger partial charge is 0.416 e. The number of sulfonamides is 1. The van der Waals surface area contributed by atoms with E-state index in [1.807, 2.05) is 4.90 Å². The van der Waals surface area contributed by atoms with Crippen LogP contribution in [-0.2, 0) is 21.0 Å². The Labute approximate surface area is 219 Å². The van der Waals surface area contributed by atoms with Crippen molar-refractivity contribution in [3.05, 3.63) is 53.1 Å². The van der Waals surface area contributed by atoms with Gasteiger partial charge in [-0.05, 0) is 56.2 Å². The molecule has 1 amide bonds. The van der Waals surface area contributed by atoms with Gasteiger partial charge in [-0.3, -0.25) is 4.79 Å². The third kappa shape index (κ3) is 6.15. The van der Waals surface area contributed by atoms with Gasteiger partial charge in [0.25, 0.3) is 0 Å². The fourth-order valence-corrected chi connectivity index (χ4v) is 6.60. The molecule has 2 fully saturated rings. The summed E-state index contributed by atoms with van der Waals surface area (Å²) in [4.78, 5) is 16.8. The molecule has 0 spiro atoms. The summed E-state index contributed by atoms with van der Waals surface area (Å²) in [5, 5.41) is 0.200. The molecule has 2 aliphatic heterocycles. The van der Waals surface area contributed by atoms with Crippen molar-refractivity contribution in [1.82, 2.24) is 9.21 Å². The van der Waals surface area contributed by atoms with Gasteiger partial charge < -0.3 is 14.5 Å². The van der Waals surface area contributed by atoms with E-state index in [1.165, 1.54) is 28.6 Å². The molecule has 0 N–H and O–H groups in total. The van der Waals surface area contributed by atoms with E-state index >= 15 is 0 Å². The van der Waals surface area contributed by atoms with Crippen LogP contribution in [0.5, 0.6) is 5.75 Å². The predicted molar refractivity (Wildman–Crippen MR) is 134 cm³/mol. The van der Waals surface area contributed by atoms with Gasteiger partial charge in [0.15, 0.2) is 0 Å². The monoisotopic (exact) mass is 559 g/mol. The highest BCUT2D eigenvalue weighted by atomic mass is 35.5. The molecule has 0 aliphatic carbocycles. The molecule has 0 radical (unpaired) electrons. The fourth-order valence-electron chi connectivity index (χ4n) is 4.75. The number of rotatable bonds is 6. The van der Waals surface area contributed by atoms with E-state index in [0.29, 0.717) is 63.6 Å². The molecule has 202 valence electrons. The SMILES string of the molecule is CCOc1ccc(S(=O)(=O)N2CCC[C@H](C(=O)N3CCN(c4cccc(C(F)(F)F)c4)CC3)C2)cc1Cl. The summed E-state index contributed by atoms with van der Waals surface area (Å²) in [6, 6.07) is 9.50. The van der Waals surface area contributed by atoms with Crippen LogP contribution in [0.4, 0.5) is 18.9 Å². The van der Waals surface area contributed by atoms with Gasteiger partial charge in [-0.2, -0.15) is 17.5 Å². The Morgan fingerprint density at radius 2 is 1.81 bits per heavy atom. The van der Waals surface area contributed by atoms with Crippen LogP contribution in [0.2, 0.25) is 5.02 Å². The zero-order valence-electron chi connectivity index (χ0n) is 20.4. The number of alkyl halides is 3. The number of hydrogen-bond acceptors (Lipinski definition) is 5. The number of hydrogen-bond donors (Lipinski definition) is 0. The number of anilines is 1. The molecular weight excluding hydrogens is 531 g/mol. The topological polar surface area (TPSA) is 70.2 Å². The first kappa shape index (κ1) is 27.5. The molecule has 0 saturated carbocycles. The van der Waals surface area contributed by atoms with Crippen LogP contribution in [0.15, 0.2) is 47.4 Å². The van der Waals surface area contributed by atoms with Crippen molar-refractivity contribution >= 4 is 33.2 Å². The van der Waals surface area contributed by atoms with Crippen LogP contribution in [0.1, 0.15) is 25.3 Å². The minimum Gasteiger partial charge on any atom is -0.492 e. The molecular formula is C25H29ClF3N3O4S. The third-order valence-corrected chi connectivity index (χ3v) is 8.86. The molecule has 2 aliphatic rings. The molecule has 2 heterocycles. The lowest BCUT2D eigenvalue weighted by molar-refractivity contribution is -0.137. The van der Waals surface area contributed by atoms with Crippen molar-refractivity contribution in [2.24, 2.45) is 5.92 Å². The first-order chi connectivity index (χ1) is 17.5. The quantitative estimate of drug-likeness (QED) is 0.521. The van der Waals surface area contributed by atoms with Gasteiger partial charge in [-0.25, -0.2) is 8.42 Å². The second kappa shape index (κ2) is 11.1. The summed E-state index contributed by atoms with van der Waals surface area (Å²) in [5.74, 6) is -0.214. The molecule has 0 bridgehead atoms. The molecule has 2 aromatic rings. The number of carbonyl (C=O) groups is 1. The van der Waals surface area contributed by atoms with Gasteiger partial charge in [0.05, 0.1) is 28.0 Å². The Hall–Kier alpha value is -2.50. The molecule has 0 aromatic heterocycles. The molecule has 7 nitrogen and oxygen atoms in total. The van der Waals surface area contributed by atoms with Crippen LogP contribution >= 0.6 is 11.6 Å². The second-order valence-corrected chi connectivity index (χ2v) is 11.4. The molecule has 2 saturated heterocycles. The molecule has 2 aromatic carbocycles. The highest BCUT2D eigenvalue weighted by Gasteiger charge is 2.36. The van der Waals surface area contributed by atoms with Crippen molar-refractivity contribution in [2.45, 2.75) is 30.8 Å². The van der Waals surface area contributed by atoms with Gasteiger partial charge in [-0.15, -0.1) is 0 Å². The normalized spacial score (nSPS) is 19.6. The lowest BCUT2D eigenvalue weighted by Crippen LogP contribution is -2.53. The zero-order valence-corrected chi connectivity index (χ0v) is 21.9. The summed E-state index contributed by atoms with van der Waals surface area (Å²) in [5.41, 5.74) is -0.244. The van der Waals surface area contributed by atoms with Crippen molar-refractivity contribution < 1.29 is 31.1 Å². The lowest BCUT2D eigenvalue weighted by Gasteiger charge is -2.39. The van der Waals surface area contributed by atoms with Crippen LogP contribution in [-0.4, -0.2) is 69.4 Å². The number of amides is 1. The summed E-state index contributed by atoms with van der Waals surface area (Å²) < 4.78 is 72.4. The maximum Gasteiger partial charge on any atom is 0.416 e. The molecule has 12 heteroatoms. The number of nitrogens with zero attached hydrogens (tertiary/aromatic N) is 3. The summed E-state index contributed by atoms with van der Waals surface area (Å²) in [6.45, 7) is 4.08. The maximum atomic E-state index is 13.3. The van der Waals surface area contributed by atoms with Gasteiger partial charge in [0.1, 0.15) is 5.75 Å². The Balaban J connectivity index is 1.39. The van der Waals surface area contributed by atoms with Gasteiger partial charge in [0, 0.05) is 45.0 Å². The van der Waals surface area contributed by atoms with Gasteiger partial charge in [-0.1, -0.05) is 17.7 Å². The maximum absolute atomic E-state index is 13.3. The first-order valence-electron chi connectivity index (χ1n) is 12.1. The Morgan fingerprint density at radius 3 is 2.46 bits per heavy atom. The largest absolute Gasteiger partial charge is 0.492 e. The fraction of sp³-hybridized carbons (Fsp3) is 0.480. The van der Waals surface area contributed by atoms with Crippen LogP contribution < -0.4 is 9.64 Å². The third-order valence-electron chi connectivity index (χ3n) is 6.70. The van der Waals surface area contributed by atoms with Crippen molar-refractivity contribution in [2.75, 3.05) is 50.8 Å². The van der Waals surface area contributed by atoms with E-state index in [0.717, 1.165) is 12.1 Å². The van der Waals surface area contributed by atoms with E-state index in [1.54, 1.807) is 17.9 Å². The van der Waals surface area contributed by atoms with Crippen LogP contribution in [0.3, 0.4) is 0 Å². The molecule has 1 atom stereocenters. The molecule has 0 unspecified atom stereocenters. The van der Waals surface area contributed by atoms with E-state index in [4.69, 9.17) is 16.3 Å². The minimum absolute atomic E-state index is 0.0451. The number of piperazine rings is 1. The number of benzene rings is 2.